The Morgan fingerprint density at radius 2 is 0.600 bits per heavy atom. The molecule has 0 aliphatic carbocycles. The third-order valence-corrected chi connectivity index (χ3v) is 11.4. The summed E-state index contributed by atoms with van der Waals surface area (Å²) in [5, 5.41) is 0. The van der Waals surface area contributed by atoms with E-state index in [0.717, 1.165) is 70.6 Å². The first-order valence-corrected chi connectivity index (χ1v) is 26.0. The fourth-order valence-corrected chi connectivity index (χ4v) is 7.45. The molecule has 6 nitrogen and oxygen atoms in total. The zero-order valence-corrected chi connectivity index (χ0v) is 40.0. The molecule has 0 aromatic carbocycles. The Bertz CT molecular complexity index is 1020. The topological polar surface area (TPSA) is 78.9 Å². The Balaban J connectivity index is 4.00. The van der Waals surface area contributed by atoms with Crippen molar-refractivity contribution >= 4 is 17.9 Å². The summed E-state index contributed by atoms with van der Waals surface area (Å²) in [5.74, 6) is -0.876. The lowest BCUT2D eigenvalue weighted by Crippen LogP contribution is -2.30. The predicted octanol–water partition coefficient (Wildman–Crippen LogP) is 16.9. The molecule has 1 atom stereocenters. The van der Waals surface area contributed by atoms with E-state index in [2.05, 4.69) is 57.2 Å². The molecule has 0 fully saturated rings. The fourth-order valence-electron chi connectivity index (χ4n) is 7.45. The van der Waals surface area contributed by atoms with E-state index in [-0.39, 0.29) is 31.1 Å². The predicted molar refractivity (Wildman–Crippen MR) is 256 cm³/mol. The Hall–Kier alpha value is -2.37. The van der Waals surface area contributed by atoms with Crippen molar-refractivity contribution in [2.45, 2.75) is 277 Å². The van der Waals surface area contributed by atoms with Crippen LogP contribution in [0.1, 0.15) is 271 Å². The van der Waals surface area contributed by atoms with Crippen molar-refractivity contribution in [3.05, 3.63) is 36.5 Å². The molecule has 0 saturated carbocycles. The van der Waals surface area contributed by atoms with Gasteiger partial charge < -0.3 is 14.2 Å². The number of hydrogen-bond donors (Lipinski definition) is 0. The molecule has 0 bridgehead atoms. The first kappa shape index (κ1) is 57.6. The van der Waals surface area contributed by atoms with Crippen molar-refractivity contribution in [3.8, 4) is 0 Å². The summed E-state index contributed by atoms with van der Waals surface area (Å²) in [6.07, 6.45) is 57.4. The van der Waals surface area contributed by atoms with Gasteiger partial charge in [0.1, 0.15) is 13.2 Å². The zero-order chi connectivity index (χ0) is 43.7. The summed E-state index contributed by atoms with van der Waals surface area (Å²) in [5.41, 5.74) is 0. The summed E-state index contributed by atoms with van der Waals surface area (Å²) in [6.45, 7) is 6.56. The quantitative estimate of drug-likeness (QED) is 0.0263. The smallest absolute Gasteiger partial charge is 0.306 e. The van der Waals surface area contributed by atoms with Gasteiger partial charge >= 0.3 is 17.9 Å². The number of hydrogen-bond acceptors (Lipinski definition) is 6. The Labute approximate surface area is 372 Å². The summed E-state index contributed by atoms with van der Waals surface area (Å²) in [4.78, 5) is 37.6. The lowest BCUT2D eigenvalue weighted by Gasteiger charge is -2.18. The number of esters is 3. The van der Waals surface area contributed by atoms with Crippen LogP contribution in [0, 0.1) is 0 Å². The van der Waals surface area contributed by atoms with E-state index in [1.807, 2.05) is 0 Å². The molecule has 0 spiro atoms. The number of carbonyl (C=O) groups excluding carboxylic acids is 3. The first-order valence-electron chi connectivity index (χ1n) is 26.0. The van der Waals surface area contributed by atoms with Crippen LogP contribution in [-0.2, 0) is 28.6 Å². The number of rotatable bonds is 47. The average molecular weight is 843 g/mol. The molecule has 0 N–H and O–H groups in total. The third kappa shape index (κ3) is 46.7. The van der Waals surface area contributed by atoms with Gasteiger partial charge in [0.25, 0.3) is 0 Å². The van der Waals surface area contributed by atoms with Crippen molar-refractivity contribution < 1.29 is 28.6 Å². The van der Waals surface area contributed by atoms with E-state index in [0.29, 0.717) is 19.3 Å². The van der Waals surface area contributed by atoms with Crippen LogP contribution in [0.15, 0.2) is 36.5 Å². The molecule has 0 aliphatic heterocycles. The monoisotopic (exact) mass is 843 g/mol. The minimum atomic E-state index is -0.763. The molecule has 0 rings (SSSR count). The Morgan fingerprint density at radius 3 is 0.933 bits per heavy atom. The molecule has 0 aromatic rings. The van der Waals surface area contributed by atoms with Crippen molar-refractivity contribution in [2.24, 2.45) is 0 Å². The normalized spacial score (nSPS) is 12.2. The van der Waals surface area contributed by atoms with Crippen molar-refractivity contribution in [2.75, 3.05) is 13.2 Å². The van der Waals surface area contributed by atoms with Gasteiger partial charge in [-0.2, -0.15) is 0 Å². The number of ether oxygens (including phenoxy) is 3. The molecule has 0 amide bonds. The highest BCUT2D eigenvalue weighted by Gasteiger charge is 2.19. The van der Waals surface area contributed by atoms with Crippen LogP contribution in [0.25, 0.3) is 0 Å². The standard InChI is InChI=1S/C54H98O6/c1-4-7-10-13-16-18-19-20-21-22-23-24-25-26-27-28-29-30-31-32-33-34-35-36-39-41-44-47-53(56)59-50-51(49-58-52(55)46-43-40-37-15-12-9-6-3)60-54(57)48-45-42-38-17-14-11-8-5-2/h19-20,22-23,25-26,51H,4-18,21,24,27-50H2,1-3H3/b20-19-,23-22-,26-25-. The maximum absolute atomic E-state index is 12.6. The SMILES string of the molecule is CCCCCCC/C=C\C/C=C\C/C=C\CCCCCCCCCCCCCCC(=O)OCC(COC(=O)CCCCCCCCC)OC(=O)CCCCCCCCCC. The van der Waals surface area contributed by atoms with E-state index >= 15 is 0 Å². The van der Waals surface area contributed by atoms with Crippen LogP contribution in [0.4, 0.5) is 0 Å². The van der Waals surface area contributed by atoms with E-state index in [1.54, 1.807) is 0 Å². The molecule has 0 radical (unpaired) electrons. The molecule has 350 valence electrons. The molecule has 60 heavy (non-hydrogen) atoms. The number of unbranched alkanes of at least 4 members (excludes halogenated alkanes) is 30. The highest BCUT2D eigenvalue weighted by molar-refractivity contribution is 5.71. The number of carbonyl (C=O) groups is 3. The molecule has 0 aromatic heterocycles. The second-order valence-corrected chi connectivity index (χ2v) is 17.4. The molecular formula is C54H98O6. The van der Waals surface area contributed by atoms with Gasteiger partial charge in [-0.1, -0.05) is 231 Å². The maximum Gasteiger partial charge on any atom is 0.306 e. The van der Waals surface area contributed by atoms with Gasteiger partial charge in [0.05, 0.1) is 0 Å². The maximum atomic E-state index is 12.6. The van der Waals surface area contributed by atoms with Crippen LogP contribution < -0.4 is 0 Å². The largest absolute Gasteiger partial charge is 0.462 e. The first-order chi connectivity index (χ1) is 29.5. The fraction of sp³-hybridized carbons (Fsp3) is 0.833. The van der Waals surface area contributed by atoms with E-state index in [9.17, 15) is 14.4 Å². The molecular weight excluding hydrogens is 745 g/mol. The minimum Gasteiger partial charge on any atom is -0.462 e. The summed E-state index contributed by atoms with van der Waals surface area (Å²) in [7, 11) is 0. The second kappa shape index (κ2) is 49.3. The summed E-state index contributed by atoms with van der Waals surface area (Å²) >= 11 is 0. The van der Waals surface area contributed by atoms with Crippen LogP contribution in [0.5, 0.6) is 0 Å². The van der Waals surface area contributed by atoms with Crippen molar-refractivity contribution in [1.82, 2.24) is 0 Å². The summed E-state index contributed by atoms with van der Waals surface area (Å²) in [6, 6.07) is 0. The van der Waals surface area contributed by atoms with Gasteiger partial charge in [-0.3, -0.25) is 14.4 Å². The summed E-state index contributed by atoms with van der Waals surface area (Å²) < 4.78 is 16.7. The lowest BCUT2D eigenvalue weighted by molar-refractivity contribution is -0.167. The highest BCUT2D eigenvalue weighted by Crippen LogP contribution is 2.15. The van der Waals surface area contributed by atoms with Gasteiger partial charge in [-0.05, 0) is 57.8 Å². The second-order valence-electron chi connectivity index (χ2n) is 17.4. The molecule has 1 unspecified atom stereocenters. The van der Waals surface area contributed by atoms with E-state index in [4.69, 9.17) is 14.2 Å². The molecule has 0 aliphatic rings. The van der Waals surface area contributed by atoms with Crippen LogP contribution in [0.2, 0.25) is 0 Å². The third-order valence-electron chi connectivity index (χ3n) is 11.4. The zero-order valence-electron chi connectivity index (χ0n) is 40.0. The lowest BCUT2D eigenvalue weighted by atomic mass is 10.0. The van der Waals surface area contributed by atoms with Crippen molar-refractivity contribution in [3.63, 3.8) is 0 Å². The van der Waals surface area contributed by atoms with E-state index in [1.165, 1.54) is 161 Å². The average Bonchev–Trinajstić information content (AvgIpc) is 3.24. The Morgan fingerprint density at radius 1 is 0.333 bits per heavy atom. The van der Waals surface area contributed by atoms with Crippen LogP contribution in [0.3, 0.4) is 0 Å². The molecule has 0 saturated heterocycles. The Kier molecular flexibility index (Phi) is 47.3. The number of allylic oxidation sites excluding steroid dienone is 6. The van der Waals surface area contributed by atoms with Crippen LogP contribution in [-0.4, -0.2) is 37.2 Å². The van der Waals surface area contributed by atoms with Gasteiger partial charge in [0.15, 0.2) is 6.10 Å². The minimum absolute atomic E-state index is 0.0698. The van der Waals surface area contributed by atoms with Crippen LogP contribution >= 0.6 is 0 Å². The molecule has 0 heterocycles. The van der Waals surface area contributed by atoms with Gasteiger partial charge in [-0.15, -0.1) is 0 Å². The van der Waals surface area contributed by atoms with Gasteiger partial charge in [0, 0.05) is 19.3 Å². The van der Waals surface area contributed by atoms with E-state index < -0.39 is 6.10 Å². The van der Waals surface area contributed by atoms with Crippen molar-refractivity contribution in [1.29, 1.82) is 0 Å². The molecule has 6 heteroatoms. The highest BCUT2D eigenvalue weighted by atomic mass is 16.6. The van der Waals surface area contributed by atoms with Gasteiger partial charge in [0.2, 0.25) is 0 Å². The van der Waals surface area contributed by atoms with Gasteiger partial charge in [-0.25, -0.2) is 0 Å².